The summed E-state index contributed by atoms with van der Waals surface area (Å²) in [7, 11) is 1.45. The van der Waals surface area contributed by atoms with Gasteiger partial charge in [-0.3, -0.25) is 19.4 Å². The first kappa shape index (κ1) is 20.8. The van der Waals surface area contributed by atoms with Crippen LogP contribution in [-0.2, 0) is 19.7 Å². The van der Waals surface area contributed by atoms with Crippen molar-refractivity contribution in [3.63, 3.8) is 0 Å². The summed E-state index contributed by atoms with van der Waals surface area (Å²) in [6.45, 7) is 0.378. The summed E-state index contributed by atoms with van der Waals surface area (Å²) >= 11 is 0. The van der Waals surface area contributed by atoms with Gasteiger partial charge in [0.25, 0.3) is 5.91 Å². The van der Waals surface area contributed by atoms with Crippen molar-refractivity contribution >= 4 is 11.6 Å². The fourth-order valence-electron chi connectivity index (χ4n) is 3.56. The Kier molecular flexibility index (Phi) is 5.13. The number of alkyl halides is 3. The minimum Gasteiger partial charge on any atom is -0.481 e. The Morgan fingerprint density at radius 2 is 2.03 bits per heavy atom. The zero-order chi connectivity index (χ0) is 22.3. The molecule has 1 N–H and O–H groups in total. The molecule has 4 heterocycles. The van der Waals surface area contributed by atoms with Crippen LogP contribution in [-0.4, -0.2) is 44.0 Å². The average molecular weight is 433 g/mol. The van der Waals surface area contributed by atoms with Crippen molar-refractivity contribution in [2.45, 2.75) is 32.8 Å². The summed E-state index contributed by atoms with van der Waals surface area (Å²) in [5.74, 6) is -0.0386. The van der Waals surface area contributed by atoms with Crippen molar-refractivity contribution < 1.29 is 27.8 Å². The molecule has 11 heteroatoms. The molecule has 0 saturated carbocycles. The number of hydrogen-bond donors (Lipinski definition) is 1. The molecule has 3 aromatic rings. The predicted molar refractivity (Wildman–Crippen MR) is 103 cm³/mol. The molecule has 4 rings (SSSR count). The second-order valence-corrected chi connectivity index (χ2v) is 7.10. The number of amides is 1. The molecule has 0 aliphatic carbocycles. The van der Waals surface area contributed by atoms with E-state index in [1.54, 1.807) is 25.3 Å². The van der Waals surface area contributed by atoms with Crippen LogP contribution < -0.4 is 9.64 Å². The van der Waals surface area contributed by atoms with Gasteiger partial charge in [0, 0.05) is 23.5 Å². The van der Waals surface area contributed by atoms with Gasteiger partial charge in [-0.05, 0) is 24.6 Å². The number of rotatable bonds is 5. The second-order valence-electron chi connectivity index (χ2n) is 7.10. The summed E-state index contributed by atoms with van der Waals surface area (Å²) in [6, 6.07) is 3.44. The van der Waals surface area contributed by atoms with Crippen LogP contribution in [0.4, 0.5) is 18.9 Å². The maximum Gasteiger partial charge on any atom is 0.408 e. The summed E-state index contributed by atoms with van der Waals surface area (Å²) in [5.41, 5.74) is 3.55. The first-order chi connectivity index (χ1) is 14.7. The topological polar surface area (TPSA) is 93.4 Å². The molecule has 0 bridgehead atoms. The van der Waals surface area contributed by atoms with E-state index >= 15 is 0 Å². The fourth-order valence-corrected chi connectivity index (χ4v) is 3.56. The van der Waals surface area contributed by atoms with E-state index in [9.17, 15) is 23.1 Å². The van der Waals surface area contributed by atoms with Gasteiger partial charge in [-0.25, -0.2) is 4.98 Å². The third-order valence-electron chi connectivity index (χ3n) is 4.92. The number of anilines is 1. The van der Waals surface area contributed by atoms with Crippen molar-refractivity contribution in [3.8, 4) is 17.1 Å². The van der Waals surface area contributed by atoms with Crippen LogP contribution in [0.1, 0.15) is 27.2 Å². The minimum absolute atomic E-state index is 0.108. The van der Waals surface area contributed by atoms with E-state index in [1.165, 1.54) is 24.4 Å². The van der Waals surface area contributed by atoms with Crippen molar-refractivity contribution in [2.75, 3.05) is 12.0 Å². The molecular formula is C20H18F3N5O3. The van der Waals surface area contributed by atoms with Gasteiger partial charge in [0.05, 0.1) is 49.1 Å². The summed E-state index contributed by atoms with van der Waals surface area (Å²) in [5, 5.41) is 13.2. The van der Waals surface area contributed by atoms with Crippen molar-refractivity contribution in [2.24, 2.45) is 0 Å². The minimum atomic E-state index is -4.41. The highest BCUT2D eigenvalue weighted by Crippen LogP contribution is 2.32. The van der Waals surface area contributed by atoms with E-state index < -0.39 is 12.7 Å². The zero-order valence-electron chi connectivity index (χ0n) is 16.6. The second kappa shape index (κ2) is 7.65. The van der Waals surface area contributed by atoms with Crippen LogP contribution in [0.3, 0.4) is 0 Å². The number of halogens is 3. The van der Waals surface area contributed by atoms with E-state index in [2.05, 4.69) is 15.1 Å². The lowest BCUT2D eigenvalue weighted by atomic mass is 10.0. The van der Waals surface area contributed by atoms with Gasteiger partial charge in [0.2, 0.25) is 5.88 Å². The fraction of sp³-hybridized carbons (Fsp3) is 0.300. The molecule has 162 valence electrons. The smallest absolute Gasteiger partial charge is 0.408 e. The van der Waals surface area contributed by atoms with Gasteiger partial charge in [0.1, 0.15) is 6.54 Å². The number of aromatic nitrogens is 4. The molecule has 0 spiro atoms. The Labute approximate surface area is 174 Å². The number of methoxy groups -OCH3 is 1. The van der Waals surface area contributed by atoms with E-state index in [-0.39, 0.29) is 24.7 Å². The number of hydrogen-bond acceptors (Lipinski definition) is 6. The molecule has 1 aliphatic rings. The molecular weight excluding hydrogens is 415 g/mol. The van der Waals surface area contributed by atoms with Crippen molar-refractivity contribution in [1.29, 1.82) is 0 Å². The lowest BCUT2D eigenvalue weighted by Crippen LogP contribution is -2.23. The Bertz CT molecular complexity index is 1160. The van der Waals surface area contributed by atoms with Crippen LogP contribution in [0.2, 0.25) is 0 Å². The average Bonchev–Trinajstić information content (AvgIpc) is 3.30. The Morgan fingerprint density at radius 3 is 2.71 bits per heavy atom. The maximum atomic E-state index is 12.9. The Morgan fingerprint density at radius 1 is 1.26 bits per heavy atom. The lowest BCUT2D eigenvalue weighted by Gasteiger charge is -2.12. The number of aliphatic hydroxyl groups is 1. The number of aliphatic hydroxyl groups excluding tert-OH is 1. The first-order valence-corrected chi connectivity index (χ1v) is 9.26. The van der Waals surface area contributed by atoms with Gasteiger partial charge >= 0.3 is 6.18 Å². The van der Waals surface area contributed by atoms with Gasteiger partial charge in [-0.2, -0.15) is 18.3 Å². The number of aryl methyl sites for hydroxylation is 1. The van der Waals surface area contributed by atoms with Crippen LogP contribution in [0.15, 0.2) is 30.7 Å². The molecule has 0 fully saturated rings. The Hall–Kier alpha value is -3.47. The molecule has 8 nitrogen and oxygen atoms in total. The first-order valence-electron chi connectivity index (χ1n) is 9.26. The van der Waals surface area contributed by atoms with Crippen LogP contribution >= 0.6 is 0 Å². The van der Waals surface area contributed by atoms with Gasteiger partial charge in [-0.1, -0.05) is 0 Å². The molecule has 0 aromatic carbocycles. The number of ether oxygens (including phenoxy) is 1. The van der Waals surface area contributed by atoms with Gasteiger partial charge < -0.3 is 9.84 Å². The molecule has 0 atom stereocenters. The Balaban J connectivity index is 1.66. The highest BCUT2D eigenvalue weighted by atomic mass is 19.4. The highest BCUT2D eigenvalue weighted by Gasteiger charge is 2.34. The van der Waals surface area contributed by atoms with E-state index in [1.807, 2.05) is 0 Å². The third-order valence-corrected chi connectivity index (χ3v) is 4.92. The van der Waals surface area contributed by atoms with Gasteiger partial charge in [-0.15, -0.1) is 0 Å². The maximum absolute atomic E-state index is 12.9. The number of carbonyl (C=O) groups is 1. The molecule has 3 aromatic heterocycles. The molecule has 0 saturated heterocycles. The quantitative estimate of drug-likeness (QED) is 0.665. The summed E-state index contributed by atoms with van der Waals surface area (Å²) in [4.78, 5) is 23.0. The molecule has 0 radical (unpaired) electrons. The van der Waals surface area contributed by atoms with E-state index in [4.69, 9.17) is 4.74 Å². The number of fused-ring (bicyclic) bond motifs is 1. The van der Waals surface area contributed by atoms with Gasteiger partial charge in [0.15, 0.2) is 0 Å². The third kappa shape index (κ3) is 3.96. The standard InChI is InChI=1S/C20H18F3N5O3/c1-11-3-15(12-4-13(9-29)18(31-2)24-5-12)26-16-8-28(19(30)17(11)16)14-6-25-27(7-14)10-20(21,22)23/h3-7,29H,8-10H2,1-2H3. The highest BCUT2D eigenvalue weighted by molar-refractivity contribution is 6.10. The van der Waals surface area contributed by atoms with Crippen molar-refractivity contribution in [1.82, 2.24) is 19.7 Å². The molecule has 1 aliphatic heterocycles. The zero-order valence-corrected chi connectivity index (χ0v) is 16.6. The van der Waals surface area contributed by atoms with E-state index in [0.29, 0.717) is 39.5 Å². The van der Waals surface area contributed by atoms with Crippen molar-refractivity contribution in [3.05, 3.63) is 53.1 Å². The van der Waals surface area contributed by atoms with E-state index in [0.717, 1.165) is 4.68 Å². The lowest BCUT2D eigenvalue weighted by molar-refractivity contribution is -0.142. The monoisotopic (exact) mass is 433 g/mol. The number of nitrogens with zero attached hydrogens (tertiary/aromatic N) is 5. The number of pyridine rings is 2. The largest absolute Gasteiger partial charge is 0.481 e. The molecule has 0 unspecified atom stereocenters. The molecule has 1 amide bonds. The summed E-state index contributed by atoms with van der Waals surface area (Å²) < 4.78 is 43.7. The molecule has 31 heavy (non-hydrogen) atoms. The van der Waals surface area contributed by atoms with Crippen LogP contribution in [0.5, 0.6) is 5.88 Å². The number of carbonyl (C=O) groups excluding carboxylic acids is 1. The normalized spacial score (nSPS) is 13.6. The van der Waals surface area contributed by atoms with Crippen LogP contribution in [0, 0.1) is 6.92 Å². The summed E-state index contributed by atoms with van der Waals surface area (Å²) in [6.07, 6.45) is -0.433. The SMILES string of the molecule is COc1ncc(-c2cc(C)c3c(n2)CN(c2cnn(CC(F)(F)F)c2)C3=O)cc1CO. The predicted octanol–water partition coefficient (Wildman–Crippen LogP) is 2.87. The van der Waals surface area contributed by atoms with Crippen LogP contribution in [0.25, 0.3) is 11.3 Å².